The highest BCUT2D eigenvalue weighted by Gasteiger charge is 2.11. The zero-order valence-corrected chi connectivity index (χ0v) is 12.0. The summed E-state index contributed by atoms with van der Waals surface area (Å²) in [4.78, 5) is 0. The van der Waals surface area contributed by atoms with Crippen molar-refractivity contribution in [3.8, 4) is 11.3 Å². The first kappa shape index (κ1) is 12.7. The molecule has 1 unspecified atom stereocenters. The van der Waals surface area contributed by atoms with Crippen LogP contribution in [0.5, 0.6) is 0 Å². The molecule has 0 radical (unpaired) electrons. The van der Waals surface area contributed by atoms with Gasteiger partial charge in [0.1, 0.15) is 11.5 Å². The van der Waals surface area contributed by atoms with Crippen molar-refractivity contribution in [2.45, 2.75) is 13.0 Å². The Hall–Kier alpha value is -0.770. The fraction of sp³-hybridized carbons (Fsp3) is 0.231. The molecule has 4 heteroatoms. The predicted octanol–water partition coefficient (Wildman–Crippen LogP) is 4.64. The van der Waals surface area contributed by atoms with E-state index in [2.05, 4.69) is 28.2 Å². The van der Waals surface area contributed by atoms with Crippen LogP contribution in [0.25, 0.3) is 11.3 Å². The number of furan rings is 1. The maximum Gasteiger partial charge on any atom is 0.135 e. The molecule has 2 rings (SSSR count). The molecule has 2 nitrogen and oxygen atoms in total. The van der Waals surface area contributed by atoms with Crippen molar-refractivity contribution in [1.29, 1.82) is 0 Å². The highest BCUT2D eigenvalue weighted by atomic mass is 79.9. The van der Waals surface area contributed by atoms with E-state index in [4.69, 9.17) is 16.0 Å². The quantitative estimate of drug-likeness (QED) is 0.892. The van der Waals surface area contributed by atoms with Crippen molar-refractivity contribution < 1.29 is 4.42 Å². The van der Waals surface area contributed by atoms with Crippen molar-refractivity contribution in [1.82, 2.24) is 5.32 Å². The molecule has 0 saturated carbocycles. The monoisotopic (exact) mass is 313 g/mol. The second-order valence-corrected chi connectivity index (χ2v) is 5.13. The normalized spacial score (nSPS) is 12.7. The summed E-state index contributed by atoms with van der Waals surface area (Å²) in [6, 6.07) is 9.81. The summed E-state index contributed by atoms with van der Waals surface area (Å²) in [5.41, 5.74) is 1.00. The lowest BCUT2D eigenvalue weighted by Gasteiger charge is -2.06. The molecule has 0 amide bonds. The van der Waals surface area contributed by atoms with E-state index in [1.54, 1.807) is 0 Å². The molecule has 1 aromatic heterocycles. The van der Waals surface area contributed by atoms with Crippen LogP contribution in [0.2, 0.25) is 5.02 Å². The van der Waals surface area contributed by atoms with Gasteiger partial charge in [-0.1, -0.05) is 11.6 Å². The Balaban J connectivity index is 2.37. The van der Waals surface area contributed by atoms with Crippen molar-refractivity contribution >= 4 is 27.5 Å². The van der Waals surface area contributed by atoms with Gasteiger partial charge in [0.15, 0.2) is 0 Å². The number of benzene rings is 1. The van der Waals surface area contributed by atoms with Crippen LogP contribution in [0.4, 0.5) is 0 Å². The minimum Gasteiger partial charge on any atom is -0.459 e. The highest BCUT2D eigenvalue weighted by Crippen LogP contribution is 2.32. The summed E-state index contributed by atoms with van der Waals surface area (Å²) in [5.74, 6) is 1.76. The van der Waals surface area contributed by atoms with Crippen LogP contribution in [0, 0.1) is 0 Å². The molecule has 0 bridgehead atoms. The number of hydrogen-bond donors (Lipinski definition) is 1. The van der Waals surface area contributed by atoms with Crippen molar-refractivity contribution in [3.63, 3.8) is 0 Å². The summed E-state index contributed by atoms with van der Waals surface area (Å²) in [6.45, 7) is 2.06. The minimum absolute atomic E-state index is 0.204. The van der Waals surface area contributed by atoms with E-state index < -0.39 is 0 Å². The van der Waals surface area contributed by atoms with Gasteiger partial charge in [-0.15, -0.1) is 0 Å². The van der Waals surface area contributed by atoms with E-state index in [9.17, 15) is 0 Å². The van der Waals surface area contributed by atoms with Crippen molar-refractivity contribution in [3.05, 3.63) is 45.6 Å². The Morgan fingerprint density at radius 2 is 2.06 bits per heavy atom. The van der Waals surface area contributed by atoms with Gasteiger partial charge in [0.05, 0.1) is 6.04 Å². The molecule has 90 valence electrons. The van der Waals surface area contributed by atoms with Crippen molar-refractivity contribution in [2.24, 2.45) is 0 Å². The molecule has 0 saturated heterocycles. The minimum atomic E-state index is 0.204. The maximum absolute atomic E-state index is 5.91. The topological polar surface area (TPSA) is 25.2 Å². The zero-order chi connectivity index (χ0) is 12.4. The third kappa shape index (κ3) is 2.73. The van der Waals surface area contributed by atoms with E-state index >= 15 is 0 Å². The molecule has 0 fully saturated rings. The van der Waals surface area contributed by atoms with Crippen LogP contribution in [0.1, 0.15) is 18.7 Å². The van der Waals surface area contributed by atoms with Gasteiger partial charge in [-0.05, 0) is 60.2 Å². The smallest absolute Gasteiger partial charge is 0.135 e. The number of hydrogen-bond acceptors (Lipinski definition) is 2. The van der Waals surface area contributed by atoms with Crippen LogP contribution in [-0.4, -0.2) is 7.05 Å². The van der Waals surface area contributed by atoms with Crippen LogP contribution in [0.15, 0.2) is 39.2 Å². The maximum atomic E-state index is 5.91. The summed E-state index contributed by atoms with van der Waals surface area (Å²) in [5, 5.41) is 3.85. The third-order valence-electron chi connectivity index (χ3n) is 2.68. The lowest BCUT2D eigenvalue weighted by molar-refractivity contribution is 0.458. The van der Waals surface area contributed by atoms with Crippen LogP contribution in [-0.2, 0) is 0 Å². The summed E-state index contributed by atoms with van der Waals surface area (Å²) < 4.78 is 6.74. The van der Waals surface area contributed by atoms with Gasteiger partial charge in [0.25, 0.3) is 0 Å². The molecule has 17 heavy (non-hydrogen) atoms. The van der Waals surface area contributed by atoms with E-state index in [1.165, 1.54) is 0 Å². The average Bonchev–Trinajstić information content (AvgIpc) is 2.77. The summed E-state index contributed by atoms with van der Waals surface area (Å²) >= 11 is 9.40. The molecule has 1 aromatic carbocycles. The summed E-state index contributed by atoms with van der Waals surface area (Å²) in [7, 11) is 1.91. The zero-order valence-electron chi connectivity index (χ0n) is 9.63. The largest absolute Gasteiger partial charge is 0.459 e. The molecule has 1 N–H and O–H groups in total. The molecular formula is C13H13BrClNO. The molecule has 1 atom stereocenters. The van der Waals surface area contributed by atoms with Gasteiger partial charge in [-0.25, -0.2) is 0 Å². The Kier molecular flexibility index (Phi) is 3.92. The van der Waals surface area contributed by atoms with Gasteiger partial charge in [-0.2, -0.15) is 0 Å². The lowest BCUT2D eigenvalue weighted by Crippen LogP contribution is -2.10. The number of nitrogens with one attached hydrogen (secondary N) is 1. The molecule has 0 aliphatic rings. The number of rotatable bonds is 3. The molecular weight excluding hydrogens is 302 g/mol. The Morgan fingerprint density at radius 3 is 2.71 bits per heavy atom. The Labute approximate surface area is 114 Å². The van der Waals surface area contributed by atoms with Gasteiger partial charge in [0.2, 0.25) is 0 Å². The molecule has 0 aliphatic heterocycles. The first-order valence-electron chi connectivity index (χ1n) is 5.34. The molecule has 0 aliphatic carbocycles. The van der Waals surface area contributed by atoms with Crippen LogP contribution in [0.3, 0.4) is 0 Å². The first-order valence-corrected chi connectivity index (χ1v) is 6.51. The fourth-order valence-electron chi connectivity index (χ4n) is 1.56. The second kappa shape index (κ2) is 5.25. The Bertz CT molecular complexity index is 524. The second-order valence-electron chi connectivity index (χ2n) is 3.84. The first-order chi connectivity index (χ1) is 8.11. The van der Waals surface area contributed by atoms with E-state index in [-0.39, 0.29) is 6.04 Å². The highest BCUT2D eigenvalue weighted by molar-refractivity contribution is 9.10. The van der Waals surface area contributed by atoms with Gasteiger partial charge in [0, 0.05) is 15.1 Å². The van der Waals surface area contributed by atoms with Crippen molar-refractivity contribution in [2.75, 3.05) is 7.05 Å². The standard InChI is InChI=1S/C13H13BrClNO/c1-8(16-2)12-5-6-13(17-12)10-4-3-9(15)7-11(10)14/h3-8,16H,1-2H3. The summed E-state index contributed by atoms with van der Waals surface area (Å²) in [6.07, 6.45) is 0. The average molecular weight is 315 g/mol. The van der Waals surface area contributed by atoms with Gasteiger partial charge in [-0.3, -0.25) is 0 Å². The predicted molar refractivity (Wildman–Crippen MR) is 74.3 cm³/mol. The molecule has 1 heterocycles. The molecule has 0 spiro atoms. The Morgan fingerprint density at radius 1 is 1.29 bits per heavy atom. The number of halogens is 2. The fourth-order valence-corrected chi connectivity index (χ4v) is 2.44. The van der Waals surface area contributed by atoms with E-state index in [0.29, 0.717) is 5.02 Å². The van der Waals surface area contributed by atoms with Gasteiger partial charge < -0.3 is 9.73 Å². The third-order valence-corrected chi connectivity index (χ3v) is 3.57. The molecule has 2 aromatic rings. The van der Waals surface area contributed by atoms with E-state index in [1.807, 2.05) is 37.4 Å². The van der Waals surface area contributed by atoms with E-state index in [0.717, 1.165) is 21.6 Å². The SMILES string of the molecule is CNC(C)c1ccc(-c2ccc(Cl)cc2Br)o1. The van der Waals surface area contributed by atoms with Crippen LogP contribution < -0.4 is 5.32 Å². The van der Waals surface area contributed by atoms with Crippen LogP contribution >= 0.6 is 27.5 Å². The van der Waals surface area contributed by atoms with Gasteiger partial charge >= 0.3 is 0 Å². The lowest BCUT2D eigenvalue weighted by atomic mass is 10.2.